The lowest BCUT2D eigenvalue weighted by molar-refractivity contribution is -0.139. The predicted octanol–water partition coefficient (Wildman–Crippen LogP) is 3.23. The summed E-state index contributed by atoms with van der Waals surface area (Å²) in [5.41, 5.74) is 3.06. The lowest BCUT2D eigenvalue weighted by Gasteiger charge is -2.46. The summed E-state index contributed by atoms with van der Waals surface area (Å²) in [4.78, 5) is 29.2. The molecule has 3 heterocycles. The van der Waals surface area contributed by atoms with Gasteiger partial charge in [-0.25, -0.2) is 9.18 Å². The summed E-state index contributed by atoms with van der Waals surface area (Å²) in [5.74, 6) is 0.0701. The van der Waals surface area contributed by atoms with Crippen LogP contribution in [0.3, 0.4) is 0 Å². The van der Waals surface area contributed by atoms with E-state index in [1.54, 1.807) is 0 Å². The van der Waals surface area contributed by atoms with Crippen molar-refractivity contribution in [3.63, 3.8) is 0 Å². The number of halogens is 1. The molecule has 0 unspecified atom stereocenters. The van der Waals surface area contributed by atoms with E-state index in [2.05, 4.69) is 18.3 Å². The van der Waals surface area contributed by atoms with E-state index in [0.717, 1.165) is 5.56 Å². The molecule has 0 radical (unpaired) electrons. The van der Waals surface area contributed by atoms with Gasteiger partial charge in [0.1, 0.15) is 12.4 Å². The number of carbonyl (C=O) groups excluding carboxylic acids is 2. The van der Waals surface area contributed by atoms with Gasteiger partial charge >= 0.3 is 6.03 Å². The first-order chi connectivity index (χ1) is 14.5. The summed E-state index contributed by atoms with van der Waals surface area (Å²) in [5, 5.41) is 2.73. The molecule has 2 aromatic rings. The molecule has 5 rings (SSSR count). The Kier molecular flexibility index (Phi) is 4.58. The Bertz CT molecular complexity index is 1030. The van der Waals surface area contributed by atoms with Gasteiger partial charge in [-0.05, 0) is 23.1 Å². The van der Waals surface area contributed by atoms with E-state index in [4.69, 9.17) is 9.47 Å². The zero-order valence-electron chi connectivity index (χ0n) is 16.6. The van der Waals surface area contributed by atoms with Crippen LogP contribution in [0.4, 0.5) is 14.9 Å². The molecule has 7 nitrogen and oxygen atoms in total. The Balaban J connectivity index is 1.40. The van der Waals surface area contributed by atoms with Crippen molar-refractivity contribution in [2.24, 2.45) is 0 Å². The zero-order chi connectivity index (χ0) is 20.8. The Morgan fingerprint density at radius 2 is 2.00 bits per heavy atom. The summed E-state index contributed by atoms with van der Waals surface area (Å²) in [6, 6.07) is 9.96. The highest BCUT2D eigenvalue weighted by atomic mass is 19.1. The van der Waals surface area contributed by atoms with E-state index in [-0.39, 0.29) is 43.5 Å². The third-order valence-electron chi connectivity index (χ3n) is 5.98. The molecule has 0 aromatic heterocycles. The van der Waals surface area contributed by atoms with Crippen LogP contribution >= 0.6 is 0 Å². The average Bonchev–Trinajstić information content (AvgIpc) is 2.74. The minimum Gasteiger partial charge on any atom is -0.465 e. The summed E-state index contributed by atoms with van der Waals surface area (Å²) >= 11 is 0. The smallest absolute Gasteiger partial charge is 0.322 e. The van der Waals surface area contributed by atoms with Crippen LogP contribution in [-0.4, -0.2) is 48.2 Å². The number of carbonyl (C=O) groups is 2. The van der Waals surface area contributed by atoms with Crippen LogP contribution < -0.4 is 10.1 Å². The molecule has 3 amide bonds. The molecule has 1 fully saturated rings. The number of fused-ring (bicyclic) bond motifs is 4. The first-order valence-corrected chi connectivity index (χ1v) is 9.98. The minimum absolute atomic E-state index is 0.0152. The van der Waals surface area contributed by atoms with E-state index in [0.29, 0.717) is 24.4 Å². The van der Waals surface area contributed by atoms with E-state index < -0.39 is 11.8 Å². The van der Waals surface area contributed by atoms with Gasteiger partial charge in [0.05, 0.1) is 18.3 Å². The minimum atomic E-state index is -0.491. The van der Waals surface area contributed by atoms with Gasteiger partial charge in [-0.2, -0.15) is 0 Å². The van der Waals surface area contributed by atoms with E-state index in [1.165, 1.54) is 22.6 Å². The van der Waals surface area contributed by atoms with Gasteiger partial charge in [0.2, 0.25) is 5.91 Å². The average molecular weight is 411 g/mol. The fourth-order valence-electron chi connectivity index (χ4n) is 4.57. The number of nitrogens with zero attached hydrogens (tertiary/aromatic N) is 2. The molecule has 30 heavy (non-hydrogen) atoms. The van der Waals surface area contributed by atoms with E-state index in [1.807, 2.05) is 23.1 Å². The number of nitrogens with one attached hydrogen (secondary N) is 1. The maximum absolute atomic E-state index is 14.0. The highest BCUT2D eigenvalue weighted by Crippen LogP contribution is 2.39. The standard InChI is InChI=1S/C22H22FN3O4/c1-13-8-26-19(17-5-3-2-4-16(13)17)9-25(10-20(26)27)22(28)24-18-7-15(23)6-14-11-29-12-30-21(14)18/h2-7,13,19H,8-12H2,1H3,(H,24,28)/t13-,19+/m1/s1. The van der Waals surface area contributed by atoms with Crippen LogP contribution in [0, 0.1) is 5.82 Å². The highest BCUT2D eigenvalue weighted by molar-refractivity contribution is 5.94. The van der Waals surface area contributed by atoms with Crippen LogP contribution in [-0.2, 0) is 16.1 Å². The van der Waals surface area contributed by atoms with Crippen LogP contribution in [0.5, 0.6) is 5.75 Å². The molecule has 0 aliphatic carbocycles. The topological polar surface area (TPSA) is 71.1 Å². The third-order valence-corrected chi connectivity index (χ3v) is 5.98. The maximum Gasteiger partial charge on any atom is 0.322 e. The van der Waals surface area contributed by atoms with Gasteiger partial charge in [-0.3, -0.25) is 4.79 Å². The molecular weight excluding hydrogens is 389 g/mol. The molecule has 8 heteroatoms. The number of amides is 3. The third kappa shape index (κ3) is 3.17. The van der Waals surface area contributed by atoms with Gasteiger partial charge in [-0.15, -0.1) is 0 Å². The summed E-state index contributed by atoms with van der Waals surface area (Å²) < 4.78 is 24.6. The number of ether oxygens (including phenoxy) is 2. The fourth-order valence-corrected chi connectivity index (χ4v) is 4.57. The monoisotopic (exact) mass is 411 g/mol. The summed E-state index contributed by atoms with van der Waals surface area (Å²) in [6.45, 7) is 3.36. The first-order valence-electron chi connectivity index (χ1n) is 9.98. The first kappa shape index (κ1) is 18.9. The van der Waals surface area contributed by atoms with Crippen molar-refractivity contribution in [1.82, 2.24) is 9.80 Å². The summed E-state index contributed by atoms with van der Waals surface area (Å²) in [7, 11) is 0. The Hall–Kier alpha value is -3.13. The van der Waals surface area contributed by atoms with Crippen molar-refractivity contribution in [3.05, 3.63) is 58.9 Å². The maximum atomic E-state index is 14.0. The van der Waals surface area contributed by atoms with Gasteiger partial charge < -0.3 is 24.6 Å². The number of anilines is 1. The molecule has 2 aromatic carbocycles. The van der Waals surface area contributed by atoms with Crippen molar-refractivity contribution in [1.29, 1.82) is 0 Å². The lowest BCUT2D eigenvalue weighted by Crippen LogP contribution is -2.56. The van der Waals surface area contributed by atoms with Crippen molar-refractivity contribution in [3.8, 4) is 5.75 Å². The van der Waals surface area contributed by atoms with E-state index >= 15 is 0 Å². The van der Waals surface area contributed by atoms with Gasteiger partial charge in [0.25, 0.3) is 0 Å². The van der Waals surface area contributed by atoms with Crippen LogP contribution in [0.1, 0.15) is 35.6 Å². The highest BCUT2D eigenvalue weighted by Gasteiger charge is 2.40. The molecule has 0 spiro atoms. The van der Waals surface area contributed by atoms with Crippen molar-refractivity contribution in [2.45, 2.75) is 25.5 Å². The van der Waals surface area contributed by atoms with Gasteiger partial charge in [0.15, 0.2) is 12.5 Å². The fraction of sp³-hybridized carbons (Fsp3) is 0.364. The number of urea groups is 1. The Labute approximate surface area is 173 Å². The normalized spacial score (nSPS) is 22.5. The zero-order valence-corrected chi connectivity index (χ0v) is 16.6. The predicted molar refractivity (Wildman–Crippen MR) is 107 cm³/mol. The number of hydrogen-bond acceptors (Lipinski definition) is 4. The molecule has 3 aliphatic rings. The second kappa shape index (κ2) is 7.28. The van der Waals surface area contributed by atoms with Crippen molar-refractivity contribution in [2.75, 3.05) is 31.7 Å². The second-order valence-electron chi connectivity index (χ2n) is 7.95. The molecule has 0 bridgehead atoms. The quantitative estimate of drug-likeness (QED) is 0.782. The van der Waals surface area contributed by atoms with Crippen molar-refractivity contribution < 1.29 is 23.5 Å². The number of rotatable bonds is 1. The SMILES string of the molecule is C[C@@H]1CN2C(=O)CN(C(=O)Nc3cc(F)cc4c3OCOC4)C[C@H]2c2ccccc21. The van der Waals surface area contributed by atoms with Crippen LogP contribution in [0.15, 0.2) is 36.4 Å². The van der Waals surface area contributed by atoms with Gasteiger partial charge in [0, 0.05) is 24.7 Å². The summed E-state index contributed by atoms with van der Waals surface area (Å²) in [6.07, 6.45) is 0. The molecule has 156 valence electrons. The van der Waals surface area contributed by atoms with Crippen LogP contribution in [0.25, 0.3) is 0 Å². The van der Waals surface area contributed by atoms with Crippen molar-refractivity contribution >= 4 is 17.6 Å². The molecule has 2 atom stereocenters. The van der Waals surface area contributed by atoms with Crippen LogP contribution in [0.2, 0.25) is 0 Å². The lowest BCUT2D eigenvalue weighted by atomic mass is 9.85. The van der Waals surface area contributed by atoms with E-state index in [9.17, 15) is 14.0 Å². The number of piperazine rings is 1. The Morgan fingerprint density at radius 3 is 2.83 bits per heavy atom. The molecule has 1 N–H and O–H groups in total. The molecule has 1 saturated heterocycles. The number of benzene rings is 2. The largest absolute Gasteiger partial charge is 0.465 e. The van der Waals surface area contributed by atoms with Gasteiger partial charge in [-0.1, -0.05) is 31.2 Å². The molecular formula is C22H22FN3O4. The second-order valence-corrected chi connectivity index (χ2v) is 7.95. The Morgan fingerprint density at radius 1 is 1.20 bits per heavy atom. The number of hydrogen-bond donors (Lipinski definition) is 1. The molecule has 3 aliphatic heterocycles. The molecule has 0 saturated carbocycles.